The number of hydrogen-bond acceptors (Lipinski definition) is 2. The predicted octanol–water partition coefficient (Wildman–Crippen LogP) is 4.23. The Morgan fingerprint density at radius 1 is 1.47 bits per heavy atom. The largest absolute Gasteiger partial charge is 0.329 e. The lowest BCUT2D eigenvalue weighted by Crippen LogP contribution is -2.18. The fourth-order valence-corrected chi connectivity index (χ4v) is 3.59. The first-order chi connectivity index (χ1) is 9.15. The van der Waals surface area contributed by atoms with E-state index >= 15 is 0 Å². The number of nitrogens with one attached hydrogen (secondary N) is 1. The number of fused-ring (bicyclic) bond motifs is 1. The third kappa shape index (κ3) is 2.46. The summed E-state index contributed by atoms with van der Waals surface area (Å²) in [6.07, 6.45) is 7.26. The molecule has 2 atom stereocenters. The fraction of sp³-hybridized carbons (Fsp3) is 0.600. The van der Waals surface area contributed by atoms with E-state index in [0.717, 1.165) is 34.3 Å². The third-order valence-electron chi connectivity index (χ3n) is 4.36. The van der Waals surface area contributed by atoms with Gasteiger partial charge in [0.05, 0.1) is 5.52 Å². The summed E-state index contributed by atoms with van der Waals surface area (Å²) in [5.74, 6) is 1.60. The van der Waals surface area contributed by atoms with Crippen LogP contribution in [0.2, 0.25) is 0 Å². The number of pyridine rings is 1. The van der Waals surface area contributed by atoms with Gasteiger partial charge in [0.15, 0.2) is 10.4 Å². The van der Waals surface area contributed by atoms with Crippen LogP contribution >= 0.6 is 12.2 Å². The van der Waals surface area contributed by atoms with E-state index in [1.165, 1.54) is 31.2 Å². The van der Waals surface area contributed by atoms with Crippen molar-refractivity contribution in [3.8, 4) is 0 Å². The maximum absolute atomic E-state index is 5.48. The molecule has 2 unspecified atom stereocenters. The molecule has 0 spiro atoms. The van der Waals surface area contributed by atoms with E-state index in [2.05, 4.69) is 28.4 Å². The summed E-state index contributed by atoms with van der Waals surface area (Å²) in [5, 5.41) is 0. The highest BCUT2D eigenvalue weighted by Gasteiger charge is 2.20. The van der Waals surface area contributed by atoms with Crippen LogP contribution in [0.5, 0.6) is 0 Å². The molecule has 19 heavy (non-hydrogen) atoms. The van der Waals surface area contributed by atoms with Gasteiger partial charge in [-0.25, -0.2) is 4.98 Å². The van der Waals surface area contributed by atoms with E-state index in [9.17, 15) is 0 Å². The van der Waals surface area contributed by atoms with Gasteiger partial charge in [-0.3, -0.25) is 0 Å². The Morgan fingerprint density at radius 2 is 2.32 bits per heavy atom. The molecule has 2 heterocycles. The highest BCUT2D eigenvalue weighted by Crippen LogP contribution is 2.30. The minimum atomic E-state index is 0.747. The molecule has 1 aliphatic carbocycles. The zero-order valence-corrected chi connectivity index (χ0v) is 12.5. The summed E-state index contributed by atoms with van der Waals surface area (Å²) in [6, 6.07) is 2.03. The molecule has 0 radical (unpaired) electrons. The number of imidazole rings is 1. The van der Waals surface area contributed by atoms with Gasteiger partial charge in [0.2, 0.25) is 0 Å². The maximum atomic E-state index is 5.48. The maximum Gasteiger partial charge on any atom is 0.179 e. The molecule has 1 aliphatic rings. The lowest BCUT2D eigenvalue weighted by Gasteiger charge is -2.26. The second kappa shape index (κ2) is 5.08. The quantitative estimate of drug-likeness (QED) is 0.832. The van der Waals surface area contributed by atoms with Crippen molar-refractivity contribution in [1.82, 2.24) is 14.5 Å². The van der Waals surface area contributed by atoms with E-state index in [4.69, 9.17) is 12.2 Å². The van der Waals surface area contributed by atoms with Crippen LogP contribution in [0, 0.1) is 23.5 Å². The molecule has 2 aromatic rings. The zero-order valence-electron chi connectivity index (χ0n) is 11.6. The second-order valence-corrected chi connectivity index (χ2v) is 6.39. The normalized spacial score (nSPS) is 23.9. The summed E-state index contributed by atoms with van der Waals surface area (Å²) in [7, 11) is 0. The summed E-state index contributed by atoms with van der Waals surface area (Å²) < 4.78 is 3.01. The van der Waals surface area contributed by atoms with Gasteiger partial charge in [-0.1, -0.05) is 19.8 Å². The number of nitrogens with zero attached hydrogens (tertiary/aromatic N) is 2. The molecule has 1 fully saturated rings. The average molecular weight is 275 g/mol. The van der Waals surface area contributed by atoms with Crippen LogP contribution < -0.4 is 0 Å². The van der Waals surface area contributed by atoms with Crippen molar-refractivity contribution < 1.29 is 0 Å². The second-order valence-electron chi connectivity index (χ2n) is 6.01. The molecule has 1 saturated carbocycles. The molecule has 0 saturated heterocycles. The molecule has 102 valence electrons. The van der Waals surface area contributed by atoms with Crippen LogP contribution in [0.4, 0.5) is 0 Å². The monoisotopic (exact) mass is 275 g/mol. The molecule has 1 N–H and O–H groups in total. The number of aryl methyl sites for hydroxylation is 1. The van der Waals surface area contributed by atoms with Gasteiger partial charge in [-0.15, -0.1) is 0 Å². The first-order valence-corrected chi connectivity index (χ1v) is 7.60. The Morgan fingerprint density at radius 3 is 3.11 bits per heavy atom. The molecule has 4 heteroatoms. The number of aromatic nitrogens is 3. The summed E-state index contributed by atoms with van der Waals surface area (Å²) in [6.45, 7) is 5.48. The number of aromatic amines is 1. The molecule has 3 rings (SSSR count). The van der Waals surface area contributed by atoms with Gasteiger partial charge in [-0.05, 0) is 55.4 Å². The van der Waals surface area contributed by atoms with Crippen LogP contribution in [-0.4, -0.2) is 14.5 Å². The van der Waals surface area contributed by atoms with Crippen molar-refractivity contribution in [2.75, 3.05) is 0 Å². The van der Waals surface area contributed by atoms with E-state index < -0.39 is 0 Å². The van der Waals surface area contributed by atoms with Crippen LogP contribution in [0.15, 0.2) is 12.3 Å². The molecular formula is C15H21N3S. The van der Waals surface area contributed by atoms with Gasteiger partial charge in [0.25, 0.3) is 0 Å². The minimum absolute atomic E-state index is 0.747. The van der Waals surface area contributed by atoms with Gasteiger partial charge < -0.3 is 9.55 Å². The van der Waals surface area contributed by atoms with Crippen LogP contribution in [0.1, 0.15) is 38.2 Å². The SMILES string of the molecule is Cc1ccnc2c1[nH]c(=S)n2CC1CCCC(C)C1. The van der Waals surface area contributed by atoms with Gasteiger partial charge in [-0.2, -0.15) is 0 Å². The van der Waals surface area contributed by atoms with E-state index in [1.54, 1.807) is 0 Å². The van der Waals surface area contributed by atoms with Crippen molar-refractivity contribution in [2.45, 2.75) is 46.1 Å². The van der Waals surface area contributed by atoms with Crippen molar-refractivity contribution >= 4 is 23.4 Å². The van der Waals surface area contributed by atoms with Crippen LogP contribution in [0.3, 0.4) is 0 Å². The molecular weight excluding hydrogens is 254 g/mol. The smallest absolute Gasteiger partial charge is 0.179 e. The molecule has 0 aliphatic heterocycles. The standard InChI is InChI=1S/C15H21N3S/c1-10-4-3-5-12(8-10)9-18-14-13(17-15(18)19)11(2)6-7-16-14/h6-7,10,12H,3-5,8-9H2,1-2H3,(H,17,19). The minimum Gasteiger partial charge on any atom is -0.329 e. The Kier molecular flexibility index (Phi) is 3.44. The average Bonchev–Trinajstić information content (AvgIpc) is 2.69. The summed E-state index contributed by atoms with van der Waals surface area (Å²) in [4.78, 5) is 7.82. The van der Waals surface area contributed by atoms with Crippen molar-refractivity contribution in [3.05, 3.63) is 22.6 Å². The molecule has 2 aromatic heterocycles. The van der Waals surface area contributed by atoms with Crippen molar-refractivity contribution in [2.24, 2.45) is 11.8 Å². The summed E-state index contributed by atoms with van der Waals surface area (Å²) >= 11 is 5.48. The highest BCUT2D eigenvalue weighted by atomic mass is 32.1. The van der Waals surface area contributed by atoms with Gasteiger partial charge in [0, 0.05) is 12.7 Å². The van der Waals surface area contributed by atoms with E-state index in [1.807, 2.05) is 12.3 Å². The summed E-state index contributed by atoms with van der Waals surface area (Å²) in [5.41, 5.74) is 3.33. The Hall–Kier alpha value is -1.16. The lowest BCUT2D eigenvalue weighted by molar-refractivity contribution is 0.258. The Balaban J connectivity index is 1.94. The lowest BCUT2D eigenvalue weighted by atomic mass is 9.82. The van der Waals surface area contributed by atoms with Crippen LogP contribution in [0.25, 0.3) is 11.2 Å². The van der Waals surface area contributed by atoms with Crippen molar-refractivity contribution in [3.63, 3.8) is 0 Å². The molecule has 0 bridgehead atoms. The Bertz CT molecular complexity index is 640. The number of rotatable bonds is 2. The Labute approximate surface area is 119 Å². The third-order valence-corrected chi connectivity index (χ3v) is 4.68. The van der Waals surface area contributed by atoms with Gasteiger partial charge >= 0.3 is 0 Å². The first-order valence-electron chi connectivity index (χ1n) is 7.19. The highest BCUT2D eigenvalue weighted by molar-refractivity contribution is 7.71. The number of hydrogen-bond donors (Lipinski definition) is 1. The zero-order chi connectivity index (χ0) is 13.4. The van der Waals surface area contributed by atoms with E-state index in [-0.39, 0.29) is 0 Å². The number of H-pyrrole nitrogens is 1. The molecule has 3 nitrogen and oxygen atoms in total. The van der Waals surface area contributed by atoms with Gasteiger partial charge in [0.1, 0.15) is 0 Å². The fourth-order valence-electron chi connectivity index (χ4n) is 3.33. The molecule has 0 amide bonds. The van der Waals surface area contributed by atoms with Crippen molar-refractivity contribution in [1.29, 1.82) is 0 Å². The van der Waals surface area contributed by atoms with E-state index in [0.29, 0.717) is 0 Å². The molecule has 0 aromatic carbocycles. The topological polar surface area (TPSA) is 33.6 Å². The first kappa shape index (κ1) is 12.9. The van der Waals surface area contributed by atoms with Crippen LogP contribution in [-0.2, 0) is 6.54 Å². The predicted molar refractivity (Wildman–Crippen MR) is 80.8 cm³/mol.